The Morgan fingerprint density at radius 2 is 2.25 bits per heavy atom. The van der Waals surface area contributed by atoms with Gasteiger partial charge >= 0.3 is 0 Å². The second kappa shape index (κ2) is 4.55. The molecule has 1 fully saturated rings. The van der Waals surface area contributed by atoms with Gasteiger partial charge in [0.15, 0.2) is 0 Å². The number of hydrogen-bond donors (Lipinski definition) is 0. The molecule has 0 aliphatic heterocycles. The Hall–Kier alpha value is -1.43. The zero-order chi connectivity index (χ0) is 14.5. The quantitative estimate of drug-likeness (QED) is 0.868. The Bertz CT molecular complexity index is 701. The van der Waals surface area contributed by atoms with E-state index in [1.54, 1.807) is 6.07 Å². The smallest absolute Gasteiger partial charge is 0.275 e. The van der Waals surface area contributed by atoms with E-state index in [0.29, 0.717) is 16.4 Å². The van der Waals surface area contributed by atoms with Gasteiger partial charge in [-0.05, 0) is 31.6 Å². The maximum atomic E-state index is 12.0. The van der Waals surface area contributed by atoms with Crippen LogP contribution in [0.25, 0.3) is 4.96 Å². The molecule has 6 heteroatoms. The molecule has 2 aromatic heterocycles. The van der Waals surface area contributed by atoms with Gasteiger partial charge in [0.25, 0.3) is 5.56 Å². The normalized spacial score (nSPS) is 18.2. The predicted octanol–water partition coefficient (Wildman–Crippen LogP) is 2.34. The molecule has 20 heavy (non-hydrogen) atoms. The lowest BCUT2D eigenvalue weighted by molar-refractivity contribution is 0.446. The van der Waals surface area contributed by atoms with Crippen molar-refractivity contribution >= 4 is 21.4 Å². The third-order valence-electron chi connectivity index (χ3n) is 4.58. The molecule has 5 nitrogen and oxygen atoms in total. The molecule has 0 spiro atoms. The summed E-state index contributed by atoms with van der Waals surface area (Å²) in [6, 6.07) is 1.99. The molecule has 1 aliphatic rings. The lowest BCUT2D eigenvalue weighted by atomic mass is 10.0. The SMILES string of the molecule is CCc1cc(=O)n2nc(N(C)[C@H](C)C3(C)CC3)sc2n1. The van der Waals surface area contributed by atoms with Crippen LogP contribution in [0.3, 0.4) is 0 Å². The minimum absolute atomic E-state index is 0.0898. The third kappa shape index (κ3) is 2.12. The summed E-state index contributed by atoms with van der Waals surface area (Å²) >= 11 is 1.49. The molecule has 0 saturated heterocycles. The molecule has 0 amide bonds. The van der Waals surface area contributed by atoms with Crippen LogP contribution in [-0.4, -0.2) is 27.7 Å². The van der Waals surface area contributed by atoms with Gasteiger partial charge in [-0.15, -0.1) is 5.10 Å². The molecule has 108 valence electrons. The van der Waals surface area contributed by atoms with Crippen molar-refractivity contribution in [1.29, 1.82) is 0 Å². The van der Waals surface area contributed by atoms with E-state index in [4.69, 9.17) is 0 Å². The van der Waals surface area contributed by atoms with E-state index in [1.807, 2.05) is 6.92 Å². The van der Waals surface area contributed by atoms with Crippen molar-refractivity contribution in [2.24, 2.45) is 5.41 Å². The molecule has 0 radical (unpaired) electrons. The molecule has 2 heterocycles. The Balaban J connectivity index is 2.00. The highest BCUT2D eigenvalue weighted by Crippen LogP contribution is 2.50. The number of fused-ring (bicyclic) bond motifs is 1. The molecule has 3 rings (SSSR count). The van der Waals surface area contributed by atoms with Gasteiger partial charge < -0.3 is 4.90 Å². The molecular formula is C14H20N4OS. The zero-order valence-electron chi connectivity index (χ0n) is 12.4. The van der Waals surface area contributed by atoms with E-state index >= 15 is 0 Å². The van der Waals surface area contributed by atoms with Crippen LogP contribution in [0.1, 0.15) is 39.3 Å². The van der Waals surface area contributed by atoms with Crippen molar-refractivity contribution in [3.05, 3.63) is 22.1 Å². The zero-order valence-corrected chi connectivity index (χ0v) is 13.2. The second-order valence-electron chi connectivity index (χ2n) is 5.96. The number of nitrogens with zero attached hydrogens (tertiary/aromatic N) is 4. The molecule has 0 aromatic carbocycles. The fraction of sp³-hybridized carbons (Fsp3) is 0.643. The van der Waals surface area contributed by atoms with E-state index in [-0.39, 0.29) is 5.56 Å². The van der Waals surface area contributed by atoms with Crippen molar-refractivity contribution in [1.82, 2.24) is 14.6 Å². The first kappa shape index (κ1) is 13.5. The van der Waals surface area contributed by atoms with Crippen LogP contribution in [0.15, 0.2) is 10.9 Å². The highest BCUT2D eigenvalue weighted by Gasteiger charge is 2.44. The summed E-state index contributed by atoms with van der Waals surface area (Å²) in [6.45, 7) is 6.54. The summed E-state index contributed by atoms with van der Waals surface area (Å²) in [6.07, 6.45) is 3.30. The Labute approximate surface area is 122 Å². The van der Waals surface area contributed by atoms with Crippen LogP contribution < -0.4 is 10.5 Å². The first-order valence-electron chi connectivity index (χ1n) is 7.07. The molecular weight excluding hydrogens is 272 g/mol. The summed E-state index contributed by atoms with van der Waals surface area (Å²) in [5.74, 6) is 0. The average Bonchev–Trinajstić information content (AvgIpc) is 3.03. The number of aryl methyl sites for hydroxylation is 1. The molecule has 1 atom stereocenters. The number of hydrogen-bond acceptors (Lipinski definition) is 5. The lowest BCUT2D eigenvalue weighted by Gasteiger charge is -2.29. The first-order valence-corrected chi connectivity index (χ1v) is 7.89. The first-order chi connectivity index (χ1) is 9.44. The fourth-order valence-electron chi connectivity index (χ4n) is 2.42. The number of aromatic nitrogens is 3. The van der Waals surface area contributed by atoms with Gasteiger partial charge in [-0.25, -0.2) is 4.98 Å². The highest BCUT2D eigenvalue weighted by molar-refractivity contribution is 7.20. The molecule has 2 aromatic rings. The van der Waals surface area contributed by atoms with Gasteiger partial charge in [0.2, 0.25) is 10.1 Å². The fourth-order valence-corrected chi connectivity index (χ4v) is 3.39. The minimum atomic E-state index is -0.0898. The Kier molecular flexibility index (Phi) is 3.08. The van der Waals surface area contributed by atoms with Gasteiger partial charge in [-0.1, -0.05) is 25.2 Å². The van der Waals surface area contributed by atoms with Crippen LogP contribution in [0.4, 0.5) is 5.13 Å². The van der Waals surface area contributed by atoms with E-state index in [2.05, 4.69) is 35.9 Å². The number of anilines is 1. The van der Waals surface area contributed by atoms with E-state index < -0.39 is 0 Å². The topological polar surface area (TPSA) is 50.5 Å². The van der Waals surface area contributed by atoms with Crippen LogP contribution in [-0.2, 0) is 6.42 Å². The summed E-state index contributed by atoms with van der Waals surface area (Å²) in [7, 11) is 2.05. The van der Waals surface area contributed by atoms with Crippen LogP contribution in [0, 0.1) is 5.41 Å². The second-order valence-corrected chi connectivity index (χ2v) is 6.89. The molecule has 0 N–H and O–H groups in total. The van der Waals surface area contributed by atoms with Crippen molar-refractivity contribution in [3.8, 4) is 0 Å². The van der Waals surface area contributed by atoms with Gasteiger partial charge in [-0.2, -0.15) is 4.52 Å². The van der Waals surface area contributed by atoms with E-state index in [9.17, 15) is 4.79 Å². The highest BCUT2D eigenvalue weighted by atomic mass is 32.1. The van der Waals surface area contributed by atoms with Gasteiger partial charge in [0.05, 0.1) is 0 Å². The van der Waals surface area contributed by atoms with Gasteiger partial charge in [-0.3, -0.25) is 4.79 Å². The van der Waals surface area contributed by atoms with Crippen molar-refractivity contribution < 1.29 is 0 Å². The minimum Gasteiger partial charge on any atom is -0.346 e. The van der Waals surface area contributed by atoms with Crippen molar-refractivity contribution in [2.45, 2.75) is 46.1 Å². The predicted molar refractivity (Wildman–Crippen MR) is 81.7 cm³/mol. The summed E-state index contributed by atoms with van der Waals surface area (Å²) in [5, 5.41) is 5.30. The standard InChI is InChI=1S/C14H20N4OS/c1-5-10-8-11(19)18-12(15-10)20-13(16-18)17(4)9(2)14(3)6-7-14/h8-9H,5-7H2,1-4H3/t9-/m1/s1. The van der Waals surface area contributed by atoms with Crippen LogP contribution in [0.2, 0.25) is 0 Å². The van der Waals surface area contributed by atoms with Gasteiger partial charge in [0, 0.05) is 24.8 Å². The van der Waals surface area contributed by atoms with Crippen LogP contribution in [0.5, 0.6) is 0 Å². The van der Waals surface area contributed by atoms with Crippen molar-refractivity contribution in [3.63, 3.8) is 0 Å². The lowest BCUT2D eigenvalue weighted by Crippen LogP contribution is -2.35. The summed E-state index contributed by atoms with van der Waals surface area (Å²) in [5.41, 5.74) is 1.13. The monoisotopic (exact) mass is 292 g/mol. The summed E-state index contributed by atoms with van der Waals surface area (Å²) in [4.78, 5) is 19.4. The van der Waals surface area contributed by atoms with E-state index in [1.165, 1.54) is 28.7 Å². The molecule has 1 saturated carbocycles. The molecule has 0 bridgehead atoms. The Morgan fingerprint density at radius 3 is 2.85 bits per heavy atom. The number of rotatable bonds is 4. The average molecular weight is 292 g/mol. The van der Waals surface area contributed by atoms with E-state index in [0.717, 1.165) is 17.2 Å². The molecule has 0 unspecified atom stereocenters. The van der Waals surface area contributed by atoms with Crippen LogP contribution >= 0.6 is 11.3 Å². The molecule has 1 aliphatic carbocycles. The third-order valence-corrected chi connectivity index (χ3v) is 5.58. The maximum Gasteiger partial charge on any atom is 0.275 e. The van der Waals surface area contributed by atoms with Gasteiger partial charge in [0.1, 0.15) is 0 Å². The summed E-state index contributed by atoms with van der Waals surface area (Å²) < 4.78 is 1.41. The largest absolute Gasteiger partial charge is 0.346 e. The van der Waals surface area contributed by atoms with Crippen molar-refractivity contribution in [2.75, 3.05) is 11.9 Å². The maximum absolute atomic E-state index is 12.0. The Morgan fingerprint density at radius 1 is 1.55 bits per heavy atom.